The Morgan fingerprint density at radius 2 is 1.69 bits per heavy atom. The highest BCUT2D eigenvalue weighted by Crippen LogP contribution is 2.14. The first-order chi connectivity index (χ1) is 6.36. The van der Waals surface area contributed by atoms with E-state index < -0.39 is 0 Å². The molecule has 2 aromatic heterocycles. The fourth-order valence-corrected chi connectivity index (χ4v) is 1.06. The molecule has 2 rings (SSSR count). The largest absolute Gasteiger partial charge is 0.259 e. The van der Waals surface area contributed by atoms with E-state index in [4.69, 9.17) is 11.6 Å². The van der Waals surface area contributed by atoms with Crippen LogP contribution in [-0.4, -0.2) is 19.9 Å². The van der Waals surface area contributed by atoms with Crippen molar-refractivity contribution in [2.75, 3.05) is 0 Å². The van der Waals surface area contributed by atoms with E-state index in [0.717, 1.165) is 5.56 Å². The molecule has 0 saturated carbocycles. The standard InChI is InChI=1S/C8H5ClN4/c9-8-4-10-3-7(13-8)6-1-11-5-12-2-6/h1-5H. The molecule has 0 aromatic carbocycles. The minimum atomic E-state index is 0.362. The van der Waals surface area contributed by atoms with Crippen LogP contribution in [0, 0.1) is 0 Å². The van der Waals surface area contributed by atoms with Gasteiger partial charge in [-0.15, -0.1) is 0 Å². The summed E-state index contributed by atoms with van der Waals surface area (Å²) in [7, 11) is 0. The van der Waals surface area contributed by atoms with E-state index in [0.29, 0.717) is 10.8 Å². The van der Waals surface area contributed by atoms with Crippen LogP contribution in [0.3, 0.4) is 0 Å². The van der Waals surface area contributed by atoms with E-state index in [1.165, 1.54) is 12.5 Å². The highest BCUT2D eigenvalue weighted by atomic mass is 35.5. The van der Waals surface area contributed by atoms with E-state index in [1.54, 1.807) is 18.6 Å². The maximum atomic E-state index is 5.68. The van der Waals surface area contributed by atoms with Gasteiger partial charge in [0, 0.05) is 18.0 Å². The monoisotopic (exact) mass is 192 g/mol. The molecule has 0 aliphatic rings. The predicted molar refractivity (Wildman–Crippen MR) is 48.1 cm³/mol. The van der Waals surface area contributed by atoms with E-state index in [1.807, 2.05) is 0 Å². The zero-order valence-corrected chi connectivity index (χ0v) is 7.31. The minimum absolute atomic E-state index is 0.362. The van der Waals surface area contributed by atoms with Crippen LogP contribution in [0.4, 0.5) is 0 Å². The summed E-state index contributed by atoms with van der Waals surface area (Å²) in [5, 5.41) is 0.362. The van der Waals surface area contributed by atoms with E-state index in [-0.39, 0.29) is 0 Å². The Bertz CT molecular complexity index is 404. The molecule has 2 aromatic rings. The molecule has 4 nitrogen and oxygen atoms in total. The lowest BCUT2D eigenvalue weighted by molar-refractivity contribution is 1.14. The molecule has 0 N–H and O–H groups in total. The minimum Gasteiger partial charge on any atom is -0.259 e. The number of rotatable bonds is 1. The lowest BCUT2D eigenvalue weighted by Crippen LogP contribution is -1.87. The van der Waals surface area contributed by atoms with Gasteiger partial charge in [0.25, 0.3) is 0 Å². The summed E-state index contributed by atoms with van der Waals surface area (Å²) < 4.78 is 0. The average molecular weight is 193 g/mol. The summed E-state index contributed by atoms with van der Waals surface area (Å²) in [6, 6.07) is 0. The maximum Gasteiger partial charge on any atom is 0.148 e. The summed E-state index contributed by atoms with van der Waals surface area (Å²) in [4.78, 5) is 15.7. The van der Waals surface area contributed by atoms with Gasteiger partial charge in [-0.25, -0.2) is 15.0 Å². The molecule has 0 radical (unpaired) electrons. The van der Waals surface area contributed by atoms with Crippen molar-refractivity contribution in [3.63, 3.8) is 0 Å². The van der Waals surface area contributed by atoms with Crippen LogP contribution in [-0.2, 0) is 0 Å². The SMILES string of the molecule is Clc1cncc(-c2cncnc2)n1. The molecule has 0 fully saturated rings. The zero-order valence-electron chi connectivity index (χ0n) is 6.55. The van der Waals surface area contributed by atoms with Gasteiger partial charge >= 0.3 is 0 Å². The van der Waals surface area contributed by atoms with Crippen molar-refractivity contribution in [3.8, 4) is 11.3 Å². The van der Waals surface area contributed by atoms with Gasteiger partial charge in [-0.05, 0) is 0 Å². The van der Waals surface area contributed by atoms with Crippen LogP contribution in [0.5, 0.6) is 0 Å². The van der Waals surface area contributed by atoms with Crippen molar-refractivity contribution >= 4 is 11.6 Å². The predicted octanol–water partition coefficient (Wildman–Crippen LogP) is 1.59. The Hall–Kier alpha value is -1.55. The first-order valence-electron chi connectivity index (χ1n) is 3.59. The quantitative estimate of drug-likeness (QED) is 0.689. The van der Waals surface area contributed by atoms with E-state index in [9.17, 15) is 0 Å². The van der Waals surface area contributed by atoms with Crippen molar-refractivity contribution < 1.29 is 0 Å². The zero-order chi connectivity index (χ0) is 9.10. The molecule has 2 heterocycles. The van der Waals surface area contributed by atoms with Crippen LogP contribution in [0.15, 0.2) is 31.1 Å². The fourth-order valence-electron chi connectivity index (χ4n) is 0.913. The highest BCUT2D eigenvalue weighted by molar-refractivity contribution is 6.29. The van der Waals surface area contributed by atoms with Gasteiger partial charge in [0.1, 0.15) is 11.5 Å². The van der Waals surface area contributed by atoms with Crippen molar-refractivity contribution in [3.05, 3.63) is 36.3 Å². The van der Waals surface area contributed by atoms with Crippen LogP contribution >= 0.6 is 11.6 Å². The molecular formula is C8H5ClN4. The van der Waals surface area contributed by atoms with Gasteiger partial charge in [-0.1, -0.05) is 11.6 Å². The summed E-state index contributed by atoms with van der Waals surface area (Å²) in [5.74, 6) is 0. The molecule has 0 amide bonds. The van der Waals surface area contributed by atoms with Gasteiger partial charge in [0.05, 0.1) is 18.1 Å². The summed E-state index contributed by atoms with van der Waals surface area (Å²) in [6.07, 6.45) is 7.88. The molecule has 0 atom stereocenters. The third-order valence-electron chi connectivity index (χ3n) is 1.46. The molecule has 0 spiro atoms. The third-order valence-corrected chi connectivity index (χ3v) is 1.64. The van der Waals surface area contributed by atoms with Crippen LogP contribution in [0.25, 0.3) is 11.3 Å². The molecule has 0 saturated heterocycles. The van der Waals surface area contributed by atoms with Crippen LogP contribution in [0.2, 0.25) is 5.15 Å². The van der Waals surface area contributed by atoms with Crippen LogP contribution in [0.1, 0.15) is 0 Å². The van der Waals surface area contributed by atoms with Crippen molar-refractivity contribution in [2.24, 2.45) is 0 Å². The number of hydrogen-bond donors (Lipinski definition) is 0. The maximum absolute atomic E-state index is 5.68. The molecule has 0 aliphatic carbocycles. The number of nitrogens with zero attached hydrogens (tertiary/aromatic N) is 4. The van der Waals surface area contributed by atoms with Gasteiger partial charge < -0.3 is 0 Å². The van der Waals surface area contributed by atoms with E-state index in [2.05, 4.69) is 19.9 Å². The number of aromatic nitrogens is 4. The summed E-state index contributed by atoms with van der Waals surface area (Å²) >= 11 is 5.68. The number of hydrogen-bond acceptors (Lipinski definition) is 4. The van der Waals surface area contributed by atoms with Crippen molar-refractivity contribution in [1.82, 2.24) is 19.9 Å². The van der Waals surface area contributed by atoms with Gasteiger partial charge in [0.15, 0.2) is 0 Å². The molecule has 5 heteroatoms. The fraction of sp³-hybridized carbons (Fsp3) is 0. The third kappa shape index (κ3) is 1.78. The number of halogens is 1. The Morgan fingerprint density at radius 3 is 2.38 bits per heavy atom. The molecule has 0 bridgehead atoms. The topological polar surface area (TPSA) is 51.6 Å². The van der Waals surface area contributed by atoms with E-state index >= 15 is 0 Å². The summed E-state index contributed by atoms with van der Waals surface area (Å²) in [5.41, 5.74) is 1.48. The first-order valence-corrected chi connectivity index (χ1v) is 3.97. The summed E-state index contributed by atoms with van der Waals surface area (Å²) in [6.45, 7) is 0. The lowest BCUT2D eigenvalue weighted by atomic mass is 10.2. The van der Waals surface area contributed by atoms with Crippen LogP contribution < -0.4 is 0 Å². The first kappa shape index (κ1) is 8.07. The van der Waals surface area contributed by atoms with Gasteiger partial charge in [0.2, 0.25) is 0 Å². The molecule has 0 unspecified atom stereocenters. The van der Waals surface area contributed by atoms with Gasteiger partial charge in [-0.3, -0.25) is 4.98 Å². The Labute approximate surface area is 79.7 Å². The van der Waals surface area contributed by atoms with Crippen molar-refractivity contribution in [1.29, 1.82) is 0 Å². The molecule has 64 valence electrons. The molecule has 0 aliphatic heterocycles. The smallest absolute Gasteiger partial charge is 0.148 e. The highest BCUT2D eigenvalue weighted by Gasteiger charge is 1.99. The lowest BCUT2D eigenvalue weighted by Gasteiger charge is -1.97. The Kier molecular flexibility index (Phi) is 2.14. The second-order valence-corrected chi connectivity index (χ2v) is 2.74. The molecule has 13 heavy (non-hydrogen) atoms. The van der Waals surface area contributed by atoms with Crippen molar-refractivity contribution in [2.45, 2.75) is 0 Å². The second-order valence-electron chi connectivity index (χ2n) is 2.35. The Morgan fingerprint density at radius 1 is 0.923 bits per heavy atom. The second kappa shape index (κ2) is 3.45. The Balaban J connectivity index is 2.48. The van der Waals surface area contributed by atoms with Gasteiger partial charge in [-0.2, -0.15) is 0 Å². The average Bonchev–Trinajstić information content (AvgIpc) is 2.19. The normalized spacial score (nSPS) is 9.92. The molecular weight excluding hydrogens is 188 g/mol.